The van der Waals surface area contributed by atoms with Crippen LogP contribution in [0.1, 0.15) is 46.0 Å². The van der Waals surface area contributed by atoms with Gasteiger partial charge in [0.05, 0.1) is 16.8 Å². The van der Waals surface area contributed by atoms with Gasteiger partial charge in [-0.2, -0.15) is 0 Å². The predicted molar refractivity (Wildman–Crippen MR) is 116 cm³/mol. The van der Waals surface area contributed by atoms with Gasteiger partial charge in [0, 0.05) is 0 Å². The molecular formula is C25H21NO5. The molecule has 0 aliphatic carbocycles. The Labute approximate surface area is 180 Å². The smallest absolute Gasteiger partial charge is 0.349 e. The normalized spacial score (nSPS) is 12.8. The molecule has 0 radical (unpaired) electrons. The lowest BCUT2D eigenvalue weighted by atomic mass is 10.0. The molecule has 3 aromatic rings. The number of nitrogens with zero attached hydrogens (tertiary/aromatic N) is 1. The summed E-state index contributed by atoms with van der Waals surface area (Å²) in [7, 11) is 0. The number of hydrogen-bond donors (Lipinski definition) is 0. The minimum absolute atomic E-state index is 0.232. The third kappa shape index (κ3) is 4.05. The summed E-state index contributed by atoms with van der Waals surface area (Å²) in [5, 5.41) is 0. The van der Waals surface area contributed by atoms with Crippen LogP contribution in [0.4, 0.5) is 5.69 Å². The highest BCUT2D eigenvalue weighted by Crippen LogP contribution is 2.29. The van der Waals surface area contributed by atoms with Gasteiger partial charge in [-0.25, -0.2) is 9.69 Å². The van der Waals surface area contributed by atoms with Crippen molar-refractivity contribution in [3.8, 4) is 11.5 Å². The largest absolute Gasteiger partial charge is 0.482 e. The Balaban J connectivity index is 1.40. The van der Waals surface area contributed by atoms with E-state index >= 15 is 0 Å². The first-order chi connectivity index (χ1) is 15.0. The monoisotopic (exact) mass is 415 g/mol. The van der Waals surface area contributed by atoms with Crippen molar-refractivity contribution in [3.05, 3.63) is 89.5 Å². The molecule has 0 saturated heterocycles. The molecule has 0 bridgehead atoms. The number of ether oxygens (including phenoxy) is 2. The van der Waals surface area contributed by atoms with Gasteiger partial charge >= 0.3 is 5.97 Å². The van der Waals surface area contributed by atoms with Gasteiger partial charge < -0.3 is 9.47 Å². The number of hydrogen-bond acceptors (Lipinski definition) is 5. The van der Waals surface area contributed by atoms with E-state index in [1.165, 1.54) is 0 Å². The maximum absolute atomic E-state index is 12.6. The van der Waals surface area contributed by atoms with Crippen LogP contribution in [-0.4, -0.2) is 24.4 Å². The number of imide groups is 1. The van der Waals surface area contributed by atoms with Crippen LogP contribution in [0, 0.1) is 0 Å². The van der Waals surface area contributed by atoms with E-state index in [1.807, 2.05) is 24.3 Å². The number of carbonyl (C=O) groups excluding carboxylic acids is 3. The molecule has 2 amide bonds. The van der Waals surface area contributed by atoms with Crippen molar-refractivity contribution >= 4 is 23.5 Å². The van der Waals surface area contributed by atoms with Crippen LogP contribution >= 0.6 is 0 Å². The summed E-state index contributed by atoms with van der Waals surface area (Å²) < 4.78 is 10.9. The van der Waals surface area contributed by atoms with Crippen molar-refractivity contribution in [3.63, 3.8) is 0 Å². The first-order valence-corrected chi connectivity index (χ1v) is 9.96. The Morgan fingerprint density at radius 3 is 2.03 bits per heavy atom. The third-order valence-corrected chi connectivity index (χ3v) is 5.01. The van der Waals surface area contributed by atoms with Gasteiger partial charge in [0.1, 0.15) is 11.5 Å². The highest BCUT2D eigenvalue weighted by atomic mass is 16.6. The van der Waals surface area contributed by atoms with Gasteiger partial charge in [-0.15, -0.1) is 0 Å². The van der Waals surface area contributed by atoms with E-state index in [0.29, 0.717) is 28.3 Å². The molecule has 0 fully saturated rings. The van der Waals surface area contributed by atoms with Crippen LogP contribution in [0.2, 0.25) is 0 Å². The zero-order chi connectivity index (χ0) is 22.0. The fourth-order valence-electron chi connectivity index (χ4n) is 3.47. The second kappa shape index (κ2) is 8.44. The fraction of sp³-hybridized carbons (Fsp3) is 0.160. The molecule has 1 heterocycles. The van der Waals surface area contributed by atoms with E-state index in [2.05, 4.69) is 13.8 Å². The van der Waals surface area contributed by atoms with Crippen LogP contribution in [0.5, 0.6) is 11.5 Å². The third-order valence-electron chi connectivity index (χ3n) is 5.01. The number of fused-ring (bicyclic) bond motifs is 1. The maximum Gasteiger partial charge on any atom is 0.349 e. The molecule has 0 unspecified atom stereocenters. The number of anilines is 1. The molecule has 0 saturated carbocycles. The molecular weight excluding hydrogens is 394 g/mol. The summed E-state index contributed by atoms with van der Waals surface area (Å²) in [6, 6.07) is 20.5. The lowest BCUT2D eigenvalue weighted by Gasteiger charge is -2.15. The zero-order valence-electron chi connectivity index (χ0n) is 17.2. The number of carbonyl (C=O) groups is 3. The summed E-state index contributed by atoms with van der Waals surface area (Å²) >= 11 is 0. The van der Waals surface area contributed by atoms with E-state index in [-0.39, 0.29) is 24.3 Å². The SMILES string of the molecule is CC(C)c1ccccc1OCC(=O)Oc1ccc(N2C(=O)c3ccccc3C2=O)cc1. The number of amides is 2. The van der Waals surface area contributed by atoms with Crippen LogP contribution < -0.4 is 14.4 Å². The van der Waals surface area contributed by atoms with E-state index in [1.54, 1.807) is 48.5 Å². The molecule has 0 atom stereocenters. The molecule has 1 aliphatic rings. The summed E-state index contributed by atoms with van der Waals surface area (Å²) in [5.74, 6) is -0.0828. The van der Waals surface area contributed by atoms with Gasteiger partial charge in [0.15, 0.2) is 6.61 Å². The first-order valence-electron chi connectivity index (χ1n) is 9.96. The zero-order valence-corrected chi connectivity index (χ0v) is 17.2. The lowest BCUT2D eigenvalue weighted by Crippen LogP contribution is -2.29. The molecule has 0 N–H and O–H groups in total. The second-order valence-electron chi connectivity index (χ2n) is 7.44. The highest BCUT2D eigenvalue weighted by molar-refractivity contribution is 6.34. The van der Waals surface area contributed by atoms with Gasteiger partial charge in [-0.1, -0.05) is 44.2 Å². The van der Waals surface area contributed by atoms with Gasteiger partial charge in [0.2, 0.25) is 0 Å². The van der Waals surface area contributed by atoms with Crippen molar-refractivity contribution < 1.29 is 23.9 Å². The molecule has 0 spiro atoms. The Hall–Kier alpha value is -3.93. The highest BCUT2D eigenvalue weighted by Gasteiger charge is 2.36. The van der Waals surface area contributed by atoms with Crippen LogP contribution in [-0.2, 0) is 4.79 Å². The van der Waals surface area contributed by atoms with E-state index in [4.69, 9.17) is 9.47 Å². The second-order valence-corrected chi connectivity index (χ2v) is 7.44. The van der Waals surface area contributed by atoms with E-state index in [0.717, 1.165) is 10.5 Å². The topological polar surface area (TPSA) is 72.9 Å². The van der Waals surface area contributed by atoms with Crippen LogP contribution in [0.3, 0.4) is 0 Å². The standard InChI is InChI=1S/C25H21NO5/c1-16(2)19-7-5-6-10-22(19)30-15-23(27)31-18-13-11-17(12-14-18)26-24(28)20-8-3-4-9-21(20)25(26)29/h3-14,16H,15H2,1-2H3. The molecule has 156 valence electrons. The number of benzene rings is 3. The lowest BCUT2D eigenvalue weighted by molar-refractivity contribution is -0.136. The first kappa shape index (κ1) is 20.3. The number of esters is 1. The summed E-state index contributed by atoms with van der Waals surface area (Å²) in [6.45, 7) is 3.87. The quantitative estimate of drug-likeness (QED) is 0.334. The van der Waals surface area contributed by atoms with Crippen molar-refractivity contribution in [2.45, 2.75) is 19.8 Å². The molecule has 4 rings (SSSR count). The maximum atomic E-state index is 12.6. The molecule has 6 nitrogen and oxygen atoms in total. The minimum atomic E-state index is -0.549. The van der Waals surface area contributed by atoms with Crippen molar-refractivity contribution in [2.75, 3.05) is 11.5 Å². The summed E-state index contributed by atoms with van der Waals surface area (Å²) in [4.78, 5) is 38.4. The Morgan fingerprint density at radius 1 is 0.839 bits per heavy atom. The summed E-state index contributed by atoms with van der Waals surface area (Å²) in [6.07, 6.45) is 0. The Morgan fingerprint density at radius 2 is 1.42 bits per heavy atom. The van der Waals surface area contributed by atoms with Crippen molar-refractivity contribution in [1.29, 1.82) is 0 Å². The van der Waals surface area contributed by atoms with Crippen molar-refractivity contribution in [1.82, 2.24) is 0 Å². The molecule has 0 aromatic heterocycles. The molecule has 6 heteroatoms. The van der Waals surface area contributed by atoms with Crippen LogP contribution in [0.25, 0.3) is 0 Å². The molecule has 3 aromatic carbocycles. The summed E-state index contributed by atoms with van der Waals surface area (Å²) in [5.41, 5.74) is 2.18. The number of rotatable bonds is 6. The number of para-hydroxylation sites is 1. The van der Waals surface area contributed by atoms with Crippen LogP contribution in [0.15, 0.2) is 72.8 Å². The van der Waals surface area contributed by atoms with Gasteiger partial charge in [-0.3, -0.25) is 9.59 Å². The predicted octanol–water partition coefficient (Wildman–Crippen LogP) is 4.60. The van der Waals surface area contributed by atoms with Crippen molar-refractivity contribution in [2.24, 2.45) is 0 Å². The van der Waals surface area contributed by atoms with E-state index < -0.39 is 5.97 Å². The fourth-order valence-corrected chi connectivity index (χ4v) is 3.47. The molecule has 31 heavy (non-hydrogen) atoms. The molecule has 1 aliphatic heterocycles. The van der Waals surface area contributed by atoms with E-state index in [9.17, 15) is 14.4 Å². The minimum Gasteiger partial charge on any atom is -0.482 e. The Bertz CT molecular complexity index is 1120. The van der Waals surface area contributed by atoms with Gasteiger partial charge in [-0.05, 0) is 53.9 Å². The average molecular weight is 415 g/mol. The Kier molecular flexibility index (Phi) is 5.54. The average Bonchev–Trinajstić information content (AvgIpc) is 3.03. The van der Waals surface area contributed by atoms with Gasteiger partial charge in [0.25, 0.3) is 11.8 Å².